The van der Waals surface area contributed by atoms with Gasteiger partial charge in [-0.05, 0) is 12.5 Å². The average Bonchev–Trinajstić information content (AvgIpc) is 2.86. The summed E-state index contributed by atoms with van der Waals surface area (Å²) in [5.41, 5.74) is 1.03. The van der Waals surface area contributed by atoms with Crippen molar-refractivity contribution in [3.63, 3.8) is 0 Å². The van der Waals surface area contributed by atoms with Crippen LogP contribution >= 0.6 is 0 Å². The highest BCUT2D eigenvalue weighted by Crippen LogP contribution is 2.31. The number of aliphatic hydroxyl groups is 1. The summed E-state index contributed by atoms with van der Waals surface area (Å²) in [6.07, 6.45) is 0.840. The summed E-state index contributed by atoms with van der Waals surface area (Å²) in [5, 5.41) is 15.5. The SMILES string of the molecule is O=C(N[C@@H]1CCOc2ccccc21)[C@@H]1C[C@@H](O)CN1. The van der Waals surface area contributed by atoms with Gasteiger partial charge in [0.2, 0.25) is 5.91 Å². The largest absolute Gasteiger partial charge is 0.493 e. The first-order valence-electron chi connectivity index (χ1n) is 6.67. The van der Waals surface area contributed by atoms with Gasteiger partial charge in [-0.15, -0.1) is 0 Å². The summed E-state index contributed by atoms with van der Waals surface area (Å²) in [6.45, 7) is 1.10. The Kier molecular flexibility index (Phi) is 3.40. The maximum absolute atomic E-state index is 12.1. The molecule has 0 aliphatic carbocycles. The first kappa shape index (κ1) is 12.4. The van der Waals surface area contributed by atoms with Gasteiger partial charge in [0.15, 0.2) is 0 Å². The van der Waals surface area contributed by atoms with Crippen LogP contribution in [0.25, 0.3) is 0 Å². The van der Waals surface area contributed by atoms with E-state index in [1.807, 2.05) is 24.3 Å². The van der Waals surface area contributed by atoms with E-state index in [-0.39, 0.29) is 18.0 Å². The van der Waals surface area contributed by atoms with E-state index in [1.54, 1.807) is 0 Å². The van der Waals surface area contributed by atoms with Crippen molar-refractivity contribution < 1.29 is 14.6 Å². The minimum Gasteiger partial charge on any atom is -0.493 e. The van der Waals surface area contributed by atoms with Crippen molar-refractivity contribution in [2.24, 2.45) is 0 Å². The van der Waals surface area contributed by atoms with Crippen LogP contribution in [0.2, 0.25) is 0 Å². The molecule has 1 aromatic carbocycles. The predicted molar refractivity (Wildman–Crippen MR) is 69.9 cm³/mol. The van der Waals surface area contributed by atoms with E-state index in [1.165, 1.54) is 0 Å². The van der Waals surface area contributed by atoms with E-state index in [0.717, 1.165) is 17.7 Å². The van der Waals surface area contributed by atoms with Gasteiger partial charge in [0.05, 0.1) is 24.8 Å². The lowest BCUT2D eigenvalue weighted by Crippen LogP contribution is -2.43. The van der Waals surface area contributed by atoms with E-state index in [2.05, 4.69) is 10.6 Å². The van der Waals surface area contributed by atoms with E-state index >= 15 is 0 Å². The molecule has 3 atom stereocenters. The molecule has 5 nitrogen and oxygen atoms in total. The quantitative estimate of drug-likeness (QED) is 0.719. The Morgan fingerprint density at radius 2 is 2.26 bits per heavy atom. The molecule has 3 N–H and O–H groups in total. The normalized spacial score (nSPS) is 29.4. The zero-order valence-corrected chi connectivity index (χ0v) is 10.6. The second-order valence-corrected chi connectivity index (χ2v) is 5.09. The van der Waals surface area contributed by atoms with Gasteiger partial charge in [0.1, 0.15) is 5.75 Å². The first-order valence-corrected chi connectivity index (χ1v) is 6.67. The molecule has 1 fully saturated rings. The number of aliphatic hydroxyl groups excluding tert-OH is 1. The van der Waals surface area contributed by atoms with Gasteiger partial charge < -0.3 is 20.5 Å². The summed E-state index contributed by atoms with van der Waals surface area (Å²) in [7, 11) is 0. The molecule has 3 rings (SSSR count). The number of rotatable bonds is 2. The summed E-state index contributed by atoms with van der Waals surface area (Å²) in [6, 6.07) is 7.49. The lowest BCUT2D eigenvalue weighted by atomic mass is 10.00. The van der Waals surface area contributed by atoms with E-state index in [0.29, 0.717) is 19.6 Å². The monoisotopic (exact) mass is 262 g/mol. The van der Waals surface area contributed by atoms with Gasteiger partial charge in [-0.1, -0.05) is 18.2 Å². The second-order valence-electron chi connectivity index (χ2n) is 5.09. The molecule has 2 heterocycles. The summed E-state index contributed by atoms with van der Waals surface area (Å²) < 4.78 is 5.57. The van der Waals surface area contributed by atoms with Crippen LogP contribution in [0.15, 0.2) is 24.3 Å². The molecule has 0 radical (unpaired) electrons. The number of fused-ring (bicyclic) bond motifs is 1. The molecule has 5 heteroatoms. The summed E-state index contributed by atoms with van der Waals surface area (Å²) in [5.74, 6) is 0.803. The molecule has 102 valence electrons. The lowest BCUT2D eigenvalue weighted by Gasteiger charge is -2.27. The van der Waals surface area contributed by atoms with Crippen LogP contribution in [0.3, 0.4) is 0 Å². The highest BCUT2D eigenvalue weighted by Gasteiger charge is 2.30. The van der Waals surface area contributed by atoms with E-state index < -0.39 is 6.10 Å². The van der Waals surface area contributed by atoms with Crippen LogP contribution in [0, 0.1) is 0 Å². The molecule has 1 amide bonds. The van der Waals surface area contributed by atoms with Gasteiger partial charge in [0, 0.05) is 18.5 Å². The Morgan fingerprint density at radius 3 is 3.05 bits per heavy atom. The Morgan fingerprint density at radius 1 is 1.42 bits per heavy atom. The van der Waals surface area contributed by atoms with Crippen molar-refractivity contribution >= 4 is 5.91 Å². The second kappa shape index (κ2) is 5.19. The Labute approximate surface area is 112 Å². The molecule has 2 aliphatic heterocycles. The van der Waals surface area contributed by atoms with Crippen LogP contribution in [0.1, 0.15) is 24.4 Å². The number of carbonyl (C=O) groups is 1. The number of para-hydroxylation sites is 1. The number of amides is 1. The number of hydrogen-bond donors (Lipinski definition) is 3. The third-order valence-corrected chi connectivity index (χ3v) is 3.70. The fraction of sp³-hybridized carbons (Fsp3) is 0.500. The molecule has 0 unspecified atom stereocenters. The third kappa shape index (κ3) is 2.57. The van der Waals surface area contributed by atoms with Crippen LogP contribution < -0.4 is 15.4 Å². The van der Waals surface area contributed by atoms with Gasteiger partial charge in [-0.2, -0.15) is 0 Å². The van der Waals surface area contributed by atoms with Gasteiger partial charge in [-0.3, -0.25) is 4.79 Å². The molecular formula is C14H18N2O3. The fourth-order valence-corrected chi connectivity index (χ4v) is 2.68. The van der Waals surface area contributed by atoms with Crippen molar-refractivity contribution in [3.8, 4) is 5.75 Å². The van der Waals surface area contributed by atoms with Crippen LogP contribution in [0.5, 0.6) is 5.75 Å². The lowest BCUT2D eigenvalue weighted by molar-refractivity contribution is -0.123. The van der Waals surface area contributed by atoms with Crippen LogP contribution in [-0.2, 0) is 4.79 Å². The first-order chi connectivity index (χ1) is 9.24. The maximum Gasteiger partial charge on any atom is 0.237 e. The Hall–Kier alpha value is -1.59. The van der Waals surface area contributed by atoms with Gasteiger partial charge in [-0.25, -0.2) is 0 Å². The fourth-order valence-electron chi connectivity index (χ4n) is 2.68. The number of ether oxygens (including phenoxy) is 1. The van der Waals surface area contributed by atoms with Crippen molar-refractivity contribution in [2.75, 3.05) is 13.2 Å². The smallest absolute Gasteiger partial charge is 0.237 e. The highest BCUT2D eigenvalue weighted by molar-refractivity contribution is 5.82. The molecule has 0 bridgehead atoms. The van der Waals surface area contributed by atoms with Crippen molar-refractivity contribution in [1.29, 1.82) is 0 Å². The number of β-amino-alcohol motifs (C(OH)–C–C–N with tert-alkyl or cyclic N) is 1. The third-order valence-electron chi connectivity index (χ3n) is 3.70. The highest BCUT2D eigenvalue weighted by atomic mass is 16.5. The average molecular weight is 262 g/mol. The van der Waals surface area contributed by atoms with Gasteiger partial charge >= 0.3 is 0 Å². The van der Waals surface area contributed by atoms with Crippen molar-refractivity contribution in [1.82, 2.24) is 10.6 Å². The number of nitrogens with one attached hydrogen (secondary N) is 2. The van der Waals surface area contributed by atoms with Crippen molar-refractivity contribution in [2.45, 2.75) is 31.0 Å². The molecule has 1 saturated heterocycles. The minimum absolute atomic E-state index is 0.00278. The predicted octanol–water partition coefficient (Wildman–Crippen LogP) is 0.349. The van der Waals surface area contributed by atoms with E-state index in [9.17, 15) is 9.90 Å². The van der Waals surface area contributed by atoms with Crippen LogP contribution in [0.4, 0.5) is 0 Å². The van der Waals surface area contributed by atoms with Crippen LogP contribution in [-0.4, -0.2) is 36.3 Å². The molecule has 0 spiro atoms. The Balaban J connectivity index is 1.69. The molecule has 1 aromatic rings. The molecule has 19 heavy (non-hydrogen) atoms. The zero-order chi connectivity index (χ0) is 13.2. The molecule has 0 aromatic heterocycles. The summed E-state index contributed by atoms with van der Waals surface area (Å²) >= 11 is 0. The minimum atomic E-state index is -0.419. The standard InChI is InChI=1S/C14H18N2O3/c17-9-7-12(15-8-9)14(18)16-11-5-6-19-13-4-2-1-3-10(11)13/h1-4,9,11-12,15,17H,5-8H2,(H,16,18)/t9-,11-,12+/m1/s1. The zero-order valence-electron chi connectivity index (χ0n) is 10.6. The summed E-state index contributed by atoms with van der Waals surface area (Å²) in [4.78, 5) is 12.1. The number of carbonyl (C=O) groups excluding carboxylic acids is 1. The maximum atomic E-state index is 12.1. The molecule has 0 saturated carbocycles. The topological polar surface area (TPSA) is 70.6 Å². The Bertz CT molecular complexity index is 478. The van der Waals surface area contributed by atoms with Gasteiger partial charge in [0.25, 0.3) is 0 Å². The van der Waals surface area contributed by atoms with E-state index in [4.69, 9.17) is 4.74 Å². The molecule has 2 aliphatic rings. The van der Waals surface area contributed by atoms with Crippen molar-refractivity contribution in [3.05, 3.63) is 29.8 Å². The number of hydrogen-bond acceptors (Lipinski definition) is 4. The number of benzene rings is 1. The molecular weight excluding hydrogens is 244 g/mol.